The molecular formula is C22H22N2O2. The van der Waals surface area contributed by atoms with Gasteiger partial charge in [-0.25, -0.2) is 9.48 Å². The van der Waals surface area contributed by atoms with Gasteiger partial charge >= 0.3 is 5.97 Å². The Morgan fingerprint density at radius 1 is 1.15 bits per heavy atom. The van der Waals surface area contributed by atoms with Crippen LogP contribution in [0.4, 0.5) is 0 Å². The van der Waals surface area contributed by atoms with Gasteiger partial charge in [0.1, 0.15) is 12.2 Å². The summed E-state index contributed by atoms with van der Waals surface area (Å²) in [7, 11) is 0. The number of carbonyl (C=O) groups is 1. The fourth-order valence-corrected chi connectivity index (χ4v) is 3.11. The number of aromatic nitrogens is 2. The van der Waals surface area contributed by atoms with Crippen LogP contribution in [0.15, 0.2) is 79.5 Å². The van der Waals surface area contributed by atoms with Crippen molar-refractivity contribution in [2.75, 3.05) is 6.61 Å². The minimum atomic E-state index is -0.378. The Morgan fingerprint density at radius 2 is 1.81 bits per heavy atom. The number of ether oxygens (including phenoxy) is 1. The van der Waals surface area contributed by atoms with Crippen molar-refractivity contribution >= 4 is 5.97 Å². The molecule has 1 aromatic heterocycles. The van der Waals surface area contributed by atoms with Gasteiger partial charge in [-0.15, -0.1) is 0 Å². The molecule has 3 aromatic rings. The molecule has 0 saturated carbocycles. The Balaban J connectivity index is 2.14. The molecule has 1 unspecified atom stereocenters. The lowest BCUT2D eigenvalue weighted by Gasteiger charge is -2.19. The maximum atomic E-state index is 12.6. The number of rotatable bonds is 7. The summed E-state index contributed by atoms with van der Waals surface area (Å²) < 4.78 is 7.13. The fourth-order valence-electron chi connectivity index (χ4n) is 3.11. The second-order valence-electron chi connectivity index (χ2n) is 5.95. The molecule has 0 bridgehead atoms. The third kappa shape index (κ3) is 3.59. The van der Waals surface area contributed by atoms with E-state index in [1.54, 1.807) is 12.3 Å². The minimum absolute atomic E-state index is 0.0326. The van der Waals surface area contributed by atoms with Gasteiger partial charge in [-0.2, -0.15) is 5.10 Å². The smallest absolute Gasteiger partial charge is 0.341 e. The third-order valence-corrected chi connectivity index (χ3v) is 4.30. The monoisotopic (exact) mass is 346 g/mol. The van der Waals surface area contributed by atoms with Gasteiger partial charge in [0, 0.05) is 5.92 Å². The number of esters is 1. The Kier molecular flexibility index (Phi) is 5.64. The molecule has 1 atom stereocenters. The minimum Gasteiger partial charge on any atom is -0.458 e. The van der Waals surface area contributed by atoms with E-state index in [0.29, 0.717) is 5.56 Å². The number of hydrogen-bond donors (Lipinski definition) is 0. The standard InChI is InChI=1S/C22H22N2O2/c1-3-15-26-22(25)20-16-23-24(18-13-9-6-10-14-18)21(20)19(4-2)17-11-7-5-8-12-17/h3,5-14,16,19H,1,4,15H2,2H3. The lowest BCUT2D eigenvalue weighted by Crippen LogP contribution is -2.14. The van der Waals surface area contributed by atoms with Crippen LogP contribution in [0.1, 0.15) is 40.9 Å². The zero-order valence-corrected chi connectivity index (χ0v) is 14.8. The summed E-state index contributed by atoms with van der Waals surface area (Å²) in [6, 6.07) is 20.0. The zero-order chi connectivity index (χ0) is 18.4. The second-order valence-corrected chi connectivity index (χ2v) is 5.95. The first-order valence-corrected chi connectivity index (χ1v) is 8.72. The zero-order valence-electron chi connectivity index (χ0n) is 14.8. The highest BCUT2D eigenvalue weighted by Crippen LogP contribution is 2.32. The van der Waals surface area contributed by atoms with Crippen molar-refractivity contribution in [1.29, 1.82) is 0 Å². The maximum absolute atomic E-state index is 12.6. The molecule has 0 radical (unpaired) electrons. The lowest BCUT2D eigenvalue weighted by atomic mass is 9.90. The Bertz CT molecular complexity index is 870. The molecule has 0 fully saturated rings. The molecule has 0 spiro atoms. The topological polar surface area (TPSA) is 44.1 Å². The quantitative estimate of drug-likeness (QED) is 0.458. The highest BCUT2D eigenvalue weighted by Gasteiger charge is 2.26. The van der Waals surface area contributed by atoms with Crippen molar-refractivity contribution in [1.82, 2.24) is 9.78 Å². The maximum Gasteiger partial charge on any atom is 0.341 e. The van der Waals surface area contributed by atoms with Crippen LogP contribution in [0.2, 0.25) is 0 Å². The average Bonchev–Trinajstić information content (AvgIpc) is 3.13. The molecule has 0 saturated heterocycles. The van der Waals surface area contributed by atoms with E-state index in [9.17, 15) is 4.79 Å². The summed E-state index contributed by atoms with van der Waals surface area (Å²) in [5.74, 6) is -0.346. The number of nitrogens with zero attached hydrogens (tertiary/aromatic N) is 2. The van der Waals surface area contributed by atoms with Crippen molar-refractivity contribution in [3.8, 4) is 5.69 Å². The molecule has 2 aromatic carbocycles. The van der Waals surface area contributed by atoms with Gasteiger partial charge in [0.05, 0.1) is 17.6 Å². The van der Waals surface area contributed by atoms with Gasteiger partial charge in [0.15, 0.2) is 0 Å². The Labute approximate surface area is 153 Å². The van der Waals surface area contributed by atoms with Crippen molar-refractivity contribution < 1.29 is 9.53 Å². The highest BCUT2D eigenvalue weighted by molar-refractivity contribution is 5.91. The van der Waals surface area contributed by atoms with Crippen LogP contribution in [0.25, 0.3) is 5.69 Å². The summed E-state index contributed by atoms with van der Waals surface area (Å²) in [6.07, 6.45) is 4.00. The van der Waals surface area contributed by atoms with E-state index in [1.807, 2.05) is 53.2 Å². The van der Waals surface area contributed by atoms with E-state index >= 15 is 0 Å². The van der Waals surface area contributed by atoms with Crippen LogP contribution in [-0.4, -0.2) is 22.4 Å². The van der Waals surface area contributed by atoms with Gasteiger partial charge in [-0.1, -0.05) is 68.1 Å². The second kappa shape index (κ2) is 8.30. The molecule has 3 rings (SSSR count). The van der Waals surface area contributed by atoms with E-state index in [2.05, 4.69) is 30.7 Å². The molecular weight excluding hydrogens is 324 g/mol. The number of hydrogen-bond acceptors (Lipinski definition) is 3. The van der Waals surface area contributed by atoms with Gasteiger partial charge in [0.2, 0.25) is 0 Å². The SMILES string of the molecule is C=CCOC(=O)c1cnn(-c2ccccc2)c1C(CC)c1ccccc1. The first kappa shape index (κ1) is 17.7. The van der Waals surface area contributed by atoms with Crippen LogP contribution >= 0.6 is 0 Å². The van der Waals surface area contributed by atoms with Crippen molar-refractivity contribution in [3.63, 3.8) is 0 Å². The highest BCUT2D eigenvalue weighted by atomic mass is 16.5. The van der Waals surface area contributed by atoms with Gasteiger partial charge < -0.3 is 4.74 Å². The summed E-state index contributed by atoms with van der Waals surface area (Å²) >= 11 is 0. The molecule has 0 aliphatic rings. The first-order chi connectivity index (χ1) is 12.8. The molecule has 0 amide bonds. The summed E-state index contributed by atoms with van der Waals surface area (Å²) in [6.45, 7) is 5.89. The van der Waals surface area contributed by atoms with E-state index in [4.69, 9.17) is 4.74 Å². The van der Waals surface area contributed by atoms with E-state index in [-0.39, 0.29) is 18.5 Å². The molecule has 4 heteroatoms. The molecule has 0 aliphatic heterocycles. The van der Waals surface area contributed by atoms with Crippen molar-refractivity contribution in [2.24, 2.45) is 0 Å². The predicted octanol–water partition coefficient (Wildman–Crippen LogP) is 4.76. The predicted molar refractivity (Wildman–Crippen MR) is 103 cm³/mol. The van der Waals surface area contributed by atoms with E-state index in [0.717, 1.165) is 23.4 Å². The van der Waals surface area contributed by atoms with Gasteiger partial charge in [-0.05, 0) is 24.1 Å². The van der Waals surface area contributed by atoms with Gasteiger partial charge in [-0.3, -0.25) is 0 Å². The third-order valence-electron chi connectivity index (χ3n) is 4.30. The number of para-hydroxylation sites is 1. The largest absolute Gasteiger partial charge is 0.458 e. The summed E-state index contributed by atoms with van der Waals surface area (Å²) in [4.78, 5) is 12.6. The molecule has 0 N–H and O–H groups in total. The molecule has 26 heavy (non-hydrogen) atoms. The number of benzene rings is 2. The molecule has 132 valence electrons. The van der Waals surface area contributed by atoms with E-state index < -0.39 is 0 Å². The molecule has 1 heterocycles. The summed E-state index contributed by atoms with van der Waals surface area (Å²) in [5.41, 5.74) is 3.40. The van der Waals surface area contributed by atoms with Crippen molar-refractivity contribution in [3.05, 3.63) is 96.3 Å². The lowest BCUT2D eigenvalue weighted by molar-refractivity contribution is 0.0548. The Hall–Kier alpha value is -3.14. The fraction of sp³-hybridized carbons (Fsp3) is 0.182. The van der Waals surface area contributed by atoms with Crippen molar-refractivity contribution in [2.45, 2.75) is 19.3 Å². The molecule has 0 aliphatic carbocycles. The van der Waals surface area contributed by atoms with Crippen LogP contribution in [0.5, 0.6) is 0 Å². The number of carbonyl (C=O) groups excluding carboxylic acids is 1. The van der Waals surface area contributed by atoms with E-state index in [1.165, 1.54) is 0 Å². The summed E-state index contributed by atoms with van der Waals surface area (Å²) in [5, 5.41) is 4.50. The van der Waals surface area contributed by atoms with Crippen LogP contribution in [0, 0.1) is 0 Å². The van der Waals surface area contributed by atoms with Crippen LogP contribution < -0.4 is 0 Å². The molecule has 4 nitrogen and oxygen atoms in total. The van der Waals surface area contributed by atoms with Gasteiger partial charge in [0.25, 0.3) is 0 Å². The Morgan fingerprint density at radius 3 is 2.42 bits per heavy atom. The van der Waals surface area contributed by atoms with Crippen LogP contribution in [0.3, 0.4) is 0 Å². The first-order valence-electron chi connectivity index (χ1n) is 8.72. The van der Waals surface area contributed by atoms with Crippen LogP contribution in [-0.2, 0) is 4.74 Å². The average molecular weight is 346 g/mol. The normalized spacial score (nSPS) is 11.7.